The molecule has 0 fully saturated rings. The van der Waals surface area contributed by atoms with Gasteiger partial charge in [0.25, 0.3) is 0 Å². The Balaban J connectivity index is 2.98. The van der Waals surface area contributed by atoms with E-state index in [1.807, 2.05) is 5.38 Å². The van der Waals surface area contributed by atoms with Crippen LogP contribution in [0.15, 0.2) is 15.2 Å². The normalized spacial score (nSPS) is 15.4. The van der Waals surface area contributed by atoms with Gasteiger partial charge in [0.1, 0.15) is 5.60 Å². The Kier molecular flexibility index (Phi) is 3.27. The molecule has 4 heteroatoms. The number of hydrogen-bond acceptors (Lipinski definition) is 3. The summed E-state index contributed by atoms with van der Waals surface area (Å²) in [6.45, 7) is 3.33. The molecule has 0 radical (unpaired) electrons. The van der Waals surface area contributed by atoms with Gasteiger partial charge in [-0.3, -0.25) is 4.79 Å². The van der Waals surface area contributed by atoms with E-state index in [4.69, 9.17) is 0 Å². The molecule has 0 amide bonds. The molecular weight excluding hydrogens is 252 g/mol. The molecule has 0 saturated carbocycles. The largest absolute Gasteiger partial charge is 0.382 e. The van der Waals surface area contributed by atoms with Crippen molar-refractivity contribution in [2.45, 2.75) is 25.9 Å². The van der Waals surface area contributed by atoms with Crippen LogP contribution in [0, 0.1) is 0 Å². The lowest BCUT2D eigenvalue weighted by molar-refractivity contribution is 0.0390. The molecular formula is C9H11BrO2S. The van der Waals surface area contributed by atoms with Crippen LogP contribution in [0.2, 0.25) is 0 Å². The zero-order valence-electron chi connectivity index (χ0n) is 7.50. The zero-order chi connectivity index (χ0) is 10.1. The number of hydrogen-bond donors (Lipinski definition) is 1. The summed E-state index contributed by atoms with van der Waals surface area (Å²) in [7, 11) is 0. The molecule has 13 heavy (non-hydrogen) atoms. The van der Waals surface area contributed by atoms with Gasteiger partial charge >= 0.3 is 0 Å². The third-order valence-electron chi connectivity index (χ3n) is 2.04. The predicted molar refractivity (Wildman–Crippen MR) is 57.3 cm³/mol. The number of ketones is 1. The van der Waals surface area contributed by atoms with E-state index in [2.05, 4.69) is 15.9 Å². The van der Waals surface area contributed by atoms with Gasteiger partial charge in [0.2, 0.25) is 0 Å². The minimum absolute atomic E-state index is 0.219. The van der Waals surface area contributed by atoms with Crippen molar-refractivity contribution in [3.8, 4) is 0 Å². The molecule has 0 bridgehead atoms. The van der Waals surface area contributed by atoms with Crippen LogP contribution in [0.3, 0.4) is 0 Å². The van der Waals surface area contributed by atoms with Crippen molar-refractivity contribution in [3.63, 3.8) is 0 Å². The SMILES string of the molecule is CCC(C)(O)C(=O)c1cscc1Br. The van der Waals surface area contributed by atoms with Gasteiger partial charge in [0.15, 0.2) is 5.78 Å². The van der Waals surface area contributed by atoms with Crippen molar-refractivity contribution in [3.05, 3.63) is 20.8 Å². The summed E-state index contributed by atoms with van der Waals surface area (Å²) in [5.41, 5.74) is -0.680. The van der Waals surface area contributed by atoms with Gasteiger partial charge < -0.3 is 5.11 Å². The molecule has 72 valence electrons. The van der Waals surface area contributed by atoms with Crippen molar-refractivity contribution in [2.75, 3.05) is 0 Å². The number of carbonyl (C=O) groups excluding carboxylic acids is 1. The quantitative estimate of drug-likeness (QED) is 0.851. The van der Waals surface area contributed by atoms with E-state index in [1.165, 1.54) is 11.3 Å². The molecule has 0 aliphatic carbocycles. The van der Waals surface area contributed by atoms with Crippen molar-refractivity contribution in [2.24, 2.45) is 0 Å². The molecule has 1 unspecified atom stereocenters. The number of thiophene rings is 1. The molecule has 0 aliphatic rings. The third-order valence-corrected chi connectivity index (χ3v) is 3.74. The Morgan fingerprint density at radius 2 is 2.31 bits per heavy atom. The Morgan fingerprint density at radius 3 is 2.69 bits per heavy atom. The standard InChI is InChI=1S/C9H11BrO2S/c1-3-9(2,12)8(11)6-4-13-5-7(6)10/h4-5,12H,3H2,1-2H3. The average molecular weight is 263 g/mol. The second-order valence-corrected chi connectivity index (χ2v) is 4.69. The zero-order valence-corrected chi connectivity index (χ0v) is 9.91. The predicted octanol–water partition coefficient (Wildman–Crippen LogP) is 2.85. The fourth-order valence-corrected chi connectivity index (χ4v) is 2.35. The number of halogens is 1. The highest BCUT2D eigenvalue weighted by Gasteiger charge is 2.30. The van der Waals surface area contributed by atoms with E-state index < -0.39 is 5.60 Å². The van der Waals surface area contributed by atoms with Crippen LogP contribution in [0.1, 0.15) is 30.6 Å². The number of rotatable bonds is 3. The first kappa shape index (κ1) is 10.9. The molecule has 0 spiro atoms. The summed E-state index contributed by atoms with van der Waals surface area (Å²) in [6.07, 6.45) is 0.425. The van der Waals surface area contributed by atoms with Gasteiger partial charge in [-0.15, -0.1) is 0 Å². The molecule has 1 aromatic rings. The lowest BCUT2D eigenvalue weighted by Gasteiger charge is -2.18. The van der Waals surface area contributed by atoms with Gasteiger partial charge in [-0.25, -0.2) is 0 Å². The first-order valence-electron chi connectivity index (χ1n) is 3.98. The first-order valence-corrected chi connectivity index (χ1v) is 5.71. The topological polar surface area (TPSA) is 37.3 Å². The van der Waals surface area contributed by atoms with Gasteiger partial charge in [-0.1, -0.05) is 6.92 Å². The molecule has 0 aromatic carbocycles. The van der Waals surface area contributed by atoms with Crippen molar-refractivity contribution < 1.29 is 9.90 Å². The van der Waals surface area contributed by atoms with Crippen molar-refractivity contribution in [1.29, 1.82) is 0 Å². The summed E-state index contributed by atoms with van der Waals surface area (Å²) in [6, 6.07) is 0. The van der Waals surface area contributed by atoms with Crippen LogP contribution >= 0.6 is 27.3 Å². The molecule has 1 N–H and O–H groups in total. The van der Waals surface area contributed by atoms with E-state index in [1.54, 1.807) is 19.2 Å². The third kappa shape index (κ3) is 2.18. The molecule has 0 saturated heterocycles. The first-order chi connectivity index (χ1) is 5.99. The van der Waals surface area contributed by atoms with E-state index >= 15 is 0 Å². The lowest BCUT2D eigenvalue weighted by Crippen LogP contribution is -2.34. The molecule has 1 aromatic heterocycles. The minimum atomic E-state index is -1.25. The summed E-state index contributed by atoms with van der Waals surface area (Å²) in [4.78, 5) is 11.7. The fourth-order valence-electron chi connectivity index (χ4n) is 0.894. The fraction of sp³-hybridized carbons (Fsp3) is 0.444. The second kappa shape index (κ2) is 3.90. The molecule has 1 heterocycles. The van der Waals surface area contributed by atoms with Crippen LogP contribution in [0.25, 0.3) is 0 Å². The van der Waals surface area contributed by atoms with Gasteiger partial charge in [0.05, 0.1) is 0 Å². The summed E-state index contributed by atoms with van der Waals surface area (Å²) >= 11 is 4.71. The maximum Gasteiger partial charge on any atom is 0.195 e. The number of aliphatic hydroxyl groups is 1. The Labute approximate surface area is 89.7 Å². The van der Waals surface area contributed by atoms with E-state index in [0.717, 1.165) is 4.47 Å². The van der Waals surface area contributed by atoms with Crippen LogP contribution in [-0.2, 0) is 0 Å². The van der Waals surface area contributed by atoms with Gasteiger partial charge in [-0.2, -0.15) is 11.3 Å². The van der Waals surface area contributed by atoms with E-state index in [-0.39, 0.29) is 5.78 Å². The lowest BCUT2D eigenvalue weighted by atomic mass is 9.94. The highest BCUT2D eigenvalue weighted by atomic mass is 79.9. The highest BCUT2D eigenvalue weighted by Crippen LogP contribution is 2.26. The average Bonchev–Trinajstić information content (AvgIpc) is 2.50. The Bertz CT molecular complexity index is 317. The van der Waals surface area contributed by atoms with Crippen molar-refractivity contribution >= 4 is 33.0 Å². The monoisotopic (exact) mass is 262 g/mol. The molecule has 0 aliphatic heterocycles. The van der Waals surface area contributed by atoms with Crippen LogP contribution < -0.4 is 0 Å². The Hall–Kier alpha value is -0.190. The highest BCUT2D eigenvalue weighted by molar-refractivity contribution is 9.10. The maximum atomic E-state index is 11.7. The smallest absolute Gasteiger partial charge is 0.195 e. The van der Waals surface area contributed by atoms with Crippen LogP contribution in [-0.4, -0.2) is 16.5 Å². The molecule has 1 atom stereocenters. The van der Waals surface area contributed by atoms with Crippen LogP contribution in [0.4, 0.5) is 0 Å². The molecule has 1 rings (SSSR count). The summed E-state index contributed by atoms with van der Waals surface area (Å²) in [5, 5.41) is 13.3. The minimum Gasteiger partial charge on any atom is -0.382 e. The summed E-state index contributed by atoms with van der Waals surface area (Å²) in [5.74, 6) is -0.219. The summed E-state index contributed by atoms with van der Waals surface area (Å²) < 4.78 is 0.760. The van der Waals surface area contributed by atoms with E-state index in [9.17, 15) is 9.90 Å². The molecule has 2 nitrogen and oxygen atoms in total. The van der Waals surface area contributed by atoms with Crippen LogP contribution in [0.5, 0.6) is 0 Å². The van der Waals surface area contributed by atoms with Gasteiger partial charge in [0, 0.05) is 20.8 Å². The maximum absolute atomic E-state index is 11.7. The second-order valence-electron chi connectivity index (χ2n) is 3.09. The number of carbonyl (C=O) groups is 1. The van der Waals surface area contributed by atoms with Gasteiger partial charge in [-0.05, 0) is 29.3 Å². The number of Topliss-reactive ketones (excluding diaryl/α,β-unsaturated/α-hetero) is 1. The van der Waals surface area contributed by atoms with Crippen molar-refractivity contribution in [1.82, 2.24) is 0 Å². The Morgan fingerprint density at radius 1 is 1.69 bits per heavy atom. The van der Waals surface area contributed by atoms with E-state index in [0.29, 0.717) is 12.0 Å².